The minimum Gasteiger partial charge on any atom is -0.493 e. The van der Waals surface area contributed by atoms with Crippen molar-refractivity contribution in [2.45, 2.75) is 37.8 Å². The van der Waals surface area contributed by atoms with Gasteiger partial charge in [-0.2, -0.15) is 0 Å². The van der Waals surface area contributed by atoms with Gasteiger partial charge in [-0.05, 0) is 55.3 Å². The molecule has 1 unspecified atom stereocenters. The second-order valence-corrected chi connectivity index (χ2v) is 11.4. The van der Waals surface area contributed by atoms with Crippen molar-refractivity contribution in [2.75, 3.05) is 32.1 Å². The number of carbonyl (C=O) groups is 2. The Morgan fingerprint density at radius 1 is 0.975 bits per heavy atom. The van der Waals surface area contributed by atoms with E-state index in [4.69, 9.17) is 21.1 Å². The number of ether oxygens (including phenoxy) is 2. The number of hydrogen-bond donors (Lipinski definition) is 1. The SMILES string of the molecule is CCC(C(=O)NC)N(Cc1cccc(C)c1)C(=O)CN(c1ccc(Cl)cc1)S(=O)(=O)c1ccc(OC)c(OC)c1. The first-order valence-corrected chi connectivity index (χ1v) is 14.4. The fourth-order valence-electron chi connectivity index (χ4n) is 4.33. The van der Waals surface area contributed by atoms with Crippen molar-refractivity contribution < 1.29 is 27.5 Å². The van der Waals surface area contributed by atoms with Gasteiger partial charge in [0.05, 0.1) is 24.8 Å². The van der Waals surface area contributed by atoms with Crippen LogP contribution in [0, 0.1) is 6.92 Å². The van der Waals surface area contributed by atoms with Gasteiger partial charge in [0.1, 0.15) is 12.6 Å². The summed E-state index contributed by atoms with van der Waals surface area (Å²) in [5, 5.41) is 3.02. The molecule has 0 spiro atoms. The first kappa shape index (κ1) is 30.8. The van der Waals surface area contributed by atoms with E-state index in [1.54, 1.807) is 19.1 Å². The molecule has 0 aliphatic rings. The molecule has 0 heterocycles. The third-order valence-corrected chi connectivity index (χ3v) is 8.43. The van der Waals surface area contributed by atoms with Crippen molar-refractivity contribution in [3.63, 3.8) is 0 Å². The summed E-state index contributed by atoms with van der Waals surface area (Å²) in [7, 11) is 0.0704. The van der Waals surface area contributed by atoms with E-state index >= 15 is 0 Å². The average molecular weight is 588 g/mol. The first-order chi connectivity index (χ1) is 19.0. The van der Waals surface area contributed by atoms with Crippen LogP contribution in [-0.4, -0.2) is 59.0 Å². The van der Waals surface area contributed by atoms with Crippen molar-refractivity contribution in [1.29, 1.82) is 0 Å². The quantitative estimate of drug-likeness (QED) is 0.336. The number of carbonyl (C=O) groups excluding carboxylic acids is 2. The van der Waals surface area contributed by atoms with Crippen LogP contribution in [0.5, 0.6) is 11.5 Å². The summed E-state index contributed by atoms with van der Waals surface area (Å²) < 4.78 is 39.6. The van der Waals surface area contributed by atoms with Crippen molar-refractivity contribution in [2.24, 2.45) is 0 Å². The standard InChI is InChI=1S/C29H34ClN3O6S/c1-6-25(29(35)31-3)32(18-21-9-7-8-20(2)16-21)28(34)19-33(23-12-10-22(30)11-13-23)40(36,37)24-14-15-26(38-4)27(17-24)39-5/h7-17,25H,6,18-19H2,1-5H3,(H,31,35). The largest absolute Gasteiger partial charge is 0.493 e. The Hall–Kier alpha value is -3.76. The predicted octanol–water partition coefficient (Wildman–Crippen LogP) is 4.41. The molecule has 0 bridgehead atoms. The average Bonchev–Trinajstić information content (AvgIpc) is 2.95. The van der Waals surface area contributed by atoms with Crippen LogP contribution in [0.2, 0.25) is 5.02 Å². The van der Waals surface area contributed by atoms with E-state index in [1.807, 2.05) is 31.2 Å². The van der Waals surface area contributed by atoms with Crippen LogP contribution < -0.4 is 19.1 Å². The maximum Gasteiger partial charge on any atom is 0.264 e. The molecule has 0 saturated heterocycles. The number of likely N-dealkylation sites (N-methyl/N-ethyl adjacent to an activating group) is 1. The fraction of sp³-hybridized carbons (Fsp3) is 0.310. The number of amides is 2. The van der Waals surface area contributed by atoms with Crippen LogP contribution in [0.3, 0.4) is 0 Å². The van der Waals surface area contributed by atoms with Crippen molar-refractivity contribution in [1.82, 2.24) is 10.2 Å². The number of methoxy groups -OCH3 is 2. The van der Waals surface area contributed by atoms with E-state index < -0.39 is 28.5 Å². The van der Waals surface area contributed by atoms with Gasteiger partial charge in [0.25, 0.3) is 10.0 Å². The van der Waals surface area contributed by atoms with Gasteiger partial charge >= 0.3 is 0 Å². The number of benzene rings is 3. The van der Waals surface area contributed by atoms with Crippen LogP contribution in [0.4, 0.5) is 5.69 Å². The van der Waals surface area contributed by atoms with Crippen molar-refractivity contribution in [3.05, 3.63) is 82.9 Å². The minimum atomic E-state index is -4.28. The Bertz CT molecular complexity index is 1450. The van der Waals surface area contributed by atoms with Crippen LogP contribution in [0.15, 0.2) is 71.6 Å². The molecule has 0 aliphatic heterocycles. The Morgan fingerprint density at radius 3 is 2.23 bits per heavy atom. The zero-order valence-electron chi connectivity index (χ0n) is 23.2. The van der Waals surface area contributed by atoms with Gasteiger partial charge in [0.2, 0.25) is 11.8 Å². The lowest BCUT2D eigenvalue weighted by atomic mass is 10.1. The number of sulfonamides is 1. The number of hydrogen-bond acceptors (Lipinski definition) is 6. The first-order valence-electron chi connectivity index (χ1n) is 12.6. The van der Waals surface area contributed by atoms with Gasteiger partial charge in [0, 0.05) is 24.7 Å². The molecule has 3 aromatic carbocycles. The highest BCUT2D eigenvalue weighted by Gasteiger charge is 2.33. The van der Waals surface area contributed by atoms with E-state index in [1.165, 1.54) is 56.5 Å². The topological polar surface area (TPSA) is 105 Å². The van der Waals surface area contributed by atoms with Crippen LogP contribution in [0.25, 0.3) is 0 Å². The maximum absolute atomic E-state index is 14.0. The van der Waals surface area contributed by atoms with Gasteiger partial charge in [-0.3, -0.25) is 13.9 Å². The number of rotatable bonds is 12. The molecule has 0 aromatic heterocycles. The number of nitrogens with one attached hydrogen (secondary N) is 1. The summed E-state index contributed by atoms with van der Waals surface area (Å²) in [6.07, 6.45) is 0.334. The van der Waals surface area contributed by atoms with E-state index in [-0.39, 0.29) is 28.8 Å². The molecule has 1 atom stereocenters. The van der Waals surface area contributed by atoms with Crippen molar-refractivity contribution in [3.8, 4) is 11.5 Å². The highest BCUT2D eigenvalue weighted by atomic mass is 35.5. The number of aryl methyl sites for hydroxylation is 1. The molecule has 40 heavy (non-hydrogen) atoms. The summed E-state index contributed by atoms with van der Waals surface area (Å²) in [6.45, 7) is 3.30. The Kier molecular flexibility index (Phi) is 10.4. The number of anilines is 1. The Balaban J connectivity index is 2.09. The zero-order valence-corrected chi connectivity index (χ0v) is 24.8. The Morgan fingerprint density at radius 2 is 1.65 bits per heavy atom. The monoisotopic (exact) mass is 587 g/mol. The van der Waals surface area contributed by atoms with Crippen LogP contribution in [-0.2, 0) is 26.2 Å². The summed E-state index contributed by atoms with van der Waals surface area (Å²) in [6, 6.07) is 17.1. The normalized spacial score (nSPS) is 11.8. The highest BCUT2D eigenvalue weighted by molar-refractivity contribution is 7.92. The molecule has 11 heteroatoms. The highest BCUT2D eigenvalue weighted by Crippen LogP contribution is 2.32. The molecular formula is C29H34ClN3O6S. The molecule has 0 aliphatic carbocycles. The third-order valence-electron chi connectivity index (χ3n) is 6.40. The number of nitrogens with zero attached hydrogens (tertiary/aromatic N) is 2. The lowest BCUT2D eigenvalue weighted by Crippen LogP contribution is -2.51. The maximum atomic E-state index is 14.0. The van der Waals surface area contributed by atoms with Gasteiger partial charge < -0.3 is 19.7 Å². The van der Waals surface area contributed by atoms with Crippen LogP contribution in [0.1, 0.15) is 24.5 Å². The minimum absolute atomic E-state index is 0.100. The predicted molar refractivity (Wildman–Crippen MR) is 155 cm³/mol. The molecule has 0 radical (unpaired) electrons. The van der Waals surface area contributed by atoms with Gasteiger partial charge in [-0.25, -0.2) is 8.42 Å². The lowest BCUT2D eigenvalue weighted by molar-refractivity contribution is -0.140. The molecule has 0 saturated carbocycles. The van der Waals surface area contributed by atoms with Gasteiger partial charge in [-0.1, -0.05) is 48.4 Å². The number of halogens is 1. The second-order valence-electron chi connectivity index (χ2n) is 9.05. The van der Waals surface area contributed by atoms with Gasteiger partial charge in [-0.15, -0.1) is 0 Å². The van der Waals surface area contributed by atoms with E-state index in [0.29, 0.717) is 17.2 Å². The molecule has 1 N–H and O–H groups in total. The van der Waals surface area contributed by atoms with Crippen molar-refractivity contribution >= 4 is 39.1 Å². The summed E-state index contributed by atoms with van der Waals surface area (Å²) in [5.74, 6) is -0.311. The summed E-state index contributed by atoms with van der Waals surface area (Å²) in [5.41, 5.74) is 2.05. The second kappa shape index (κ2) is 13.5. The third kappa shape index (κ3) is 7.05. The Labute approximate surface area is 240 Å². The molecule has 214 valence electrons. The van der Waals surface area contributed by atoms with E-state index in [9.17, 15) is 18.0 Å². The van der Waals surface area contributed by atoms with Gasteiger partial charge in [0.15, 0.2) is 11.5 Å². The lowest BCUT2D eigenvalue weighted by Gasteiger charge is -2.33. The summed E-state index contributed by atoms with van der Waals surface area (Å²) >= 11 is 6.07. The molecule has 2 amide bonds. The molecule has 3 rings (SSSR count). The van der Waals surface area contributed by atoms with E-state index in [2.05, 4.69) is 5.32 Å². The molecule has 9 nitrogen and oxygen atoms in total. The van der Waals surface area contributed by atoms with Crippen LogP contribution >= 0.6 is 11.6 Å². The molecular weight excluding hydrogens is 554 g/mol. The molecule has 0 fully saturated rings. The smallest absolute Gasteiger partial charge is 0.264 e. The summed E-state index contributed by atoms with van der Waals surface area (Å²) in [4.78, 5) is 28.1. The molecule has 3 aromatic rings. The van der Waals surface area contributed by atoms with E-state index in [0.717, 1.165) is 15.4 Å². The fourth-order valence-corrected chi connectivity index (χ4v) is 5.89. The zero-order chi connectivity index (χ0) is 29.4.